The molecule has 1 aromatic rings. The van der Waals surface area contributed by atoms with Gasteiger partial charge in [0, 0.05) is 0 Å². The van der Waals surface area contributed by atoms with Gasteiger partial charge in [-0.25, -0.2) is 4.79 Å². The number of aryl methyl sites for hydroxylation is 1. The fourth-order valence-electron chi connectivity index (χ4n) is 3.31. The summed E-state index contributed by atoms with van der Waals surface area (Å²) in [5, 5.41) is 2.92. The number of nitrogens with one attached hydrogen (secondary N) is 1. The topological polar surface area (TPSA) is 58.6 Å². The lowest BCUT2D eigenvalue weighted by molar-refractivity contribution is -0.132. The molecular formula is C19H28N2O3. The predicted molar refractivity (Wildman–Crippen MR) is 94.1 cm³/mol. The van der Waals surface area contributed by atoms with Crippen LogP contribution >= 0.6 is 0 Å². The van der Waals surface area contributed by atoms with Gasteiger partial charge in [0.15, 0.2) is 0 Å². The zero-order valence-corrected chi connectivity index (χ0v) is 14.9. The van der Waals surface area contributed by atoms with Crippen molar-refractivity contribution in [2.75, 3.05) is 13.2 Å². The normalized spacial score (nSPS) is 16.4. The molecule has 1 saturated heterocycles. The summed E-state index contributed by atoms with van der Waals surface area (Å²) in [4.78, 5) is 26.3. The smallest absolute Gasteiger partial charge is 0.325 e. The Morgan fingerprint density at radius 3 is 2.46 bits per heavy atom. The minimum atomic E-state index is -0.720. The van der Waals surface area contributed by atoms with Gasteiger partial charge < -0.3 is 10.1 Å². The maximum absolute atomic E-state index is 12.7. The fourth-order valence-corrected chi connectivity index (χ4v) is 3.31. The van der Waals surface area contributed by atoms with E-state index in [1.54, 1.807) is 0 Å². The van der Waals surface area contributed by atoms with Crippen molar-refractivity contribution in [3.8, 4) is 5.75 Å². The van der Waals surface area contributed by atoms with Gasteiger partial charge in [-0.1, -0.05) is 45.7 Å². The van der Waals surface area contributed by atoms with Crippen molar-refractivity contribution < 1.29 is 14.3 Å². The summed E-state index contributed by atoms with van der Waals surface area (Å²) >= 11 is 0. The molecular weight excluding hydrogens is 304 g/mol. The van der Waals surface area contributed by atoms with Gasteiger partial charge in [0.1, 0.15) is 17.9 Å². The lowest BCUT2D eigenvalue weighted by Crippen LogP contribution is -2.47. The van der Waals surface area contributed by atoms with Crippen LogP contribution in [0.3, 0.4) is 0 Å². The van der Waals surface area contributed by atoms with E-state index in [1.165, 1.54) is 10.5 Å². The van der Waals surface area contributed by atoms with E-state index in [4.69, 9.17) is 4.74 Å². The third-order valence-electron chi connectivity index (χ3n) is 4.49. The first-order chi connectivity index (χ1) is 11.6. The molecule has 0 saturated carbocycles. The summed E-state index contributed by atoms with van der Waals surface area (Å²) in [6.07, 6.45) is 4.03. The zero-order chi connectivity index (χ0) is 17.6. The Kier molecular flexibility index (Phi) is 6.23. The lowest BCUT2D eigenvalue weighted by atomic mass is 9.88. The van der Waals surface area contributed by atoms with Crippen LogP contribution < -0.4 is 10.1 Å². The molecule has 1 heterocycles. The third-order valence-corrected chi connectivity index (χ3v) is 4.49. The SMILES string of the molecule is CCCC1(CCC)NC(=O)N(CCOc2cccc(CC)c2)C1=O. The van der Waals surface area contributed by atoms with E-state index < -0.39 is 5.54 Å². The molecule has 0 atom stereocenters. The Balaban J connectivity index is 1.96. The van der Waals surface area contributed by atoms with Crippen LogP contribution in [0, 0.1) is 0 Å². The molecule has 24 heavy (non-hydrogen) atoms. The summed E-state index contributed by atoms with van der Waals surface area (Å²) in [6, 6.07) is 7.59. The standard InChI is InChI=1S/C19H28N2O3/c1-4-10-19(11-5-2)17(22)21(18(23)20-19)12-13-24-16-9-7-8-15(6-3)14-16/h7-9,14H,4-6,10-13H2,1-3H3,(H,20,23). The van der Waals surface area contributed by atoms with Crippen molar-refractivity contribution in [1.82, 2.24) is 10.2 Å². The molecule has 0 spiro atoms. The average molecular weight is 332 g/mol. The molecule has 1 aliphatic heterocycles. The molecule has 1 N–H and O–H groups in total. The Labute approximate surface area is 144 Å². The Morgan fingerprint density at radius 2 is 1.83 bits per heavy atom. The molecule has 0 unspecified atom stereocenters. The van der Waals surface area contributed by atoms with Gasteiger partial charge in [-0.15, -0.1) is 0 Å². The average Bonchev–Trinajstić information content (AvgIpc) is 2.80. The number of imide groups is 1. The summed E-state index contributed by atoms with van der Waals surface area (Å²) < 4.78 is 5.72. The van der Waals surface area contributed by atoms with E-state index in [-0.39, 0.29) is 18.5 Å². The van der Waals surface area contributed by atoms with Crippen molar-refractivity contribution in [2.45, 2.75) is 58.4 Å². The molecule has 0 bridgehead atoms. The largest absolute Gasteiger partial charge is 0.492 e. The molecule has 5 heteroatoms. The van der Waals surface area contributed by atoms with E-state index in [0.717, 1.165) is 25.0 Å². The van der Waals surface area contributed by atoms with Gasteiger partial charge in [0.25, 0.3) is 5.91 Å². The second-order valence-electron chi connectivity index (χ2n) is 6.32. The maximum Gasteiger partial charge on any atom is 0.325 e. The number of benzene rings is 1. The van der Waals surface area contributed by atoms with Crippen molar-refractivity contribution in [2.24, 2.45) is 0 Å². The minimum absolute atomic E-state index is 0.109. The van der Waals surface area contributed by atoms with Crippen LogP contribution in [0.1, 0.15) is 52.0 Å². The quantitative estimate of drug-likeness (QED) is 0.704. The number of carbonyl (C=O) groups is 2. The lowest BCUT2D eigenvalue weighted by Gasteiger charge is -2.25. The Bertz CT molecular complexity index is 580. The van der Waals surface area contributed by atoms with Crippen LogP contribution in [-0.4, -0.2) is 35.5 Å². The summed E-state index contributed by atoms with van der Waals surface area (Å²) in [7, 11) is 0. The number of carbonyl (C=O) groups excluding carboxylic acids is 2. The van der Waals surface area contributed by atoms with E-state index in [9.17, 15) is 9.59 Å². The van der Waals surface area contributed by atoms with E-state index >= 15 is 0 Å². The first-order valence-electron chi connectivity index (χ1n) is 8.92. The highest BCUT2D eigenvalue weighted by molar-refractivity contribution is 6.07. The summed E-state index contributed by atoms with van der Waals surface area (Å²) in [6.45, 7) is 6.73. The molecule has 132 valence electrons. The number of rotatable bonds is 9. The van der Waals surface area contributed by atoms with E-state index in [1.807, 2.05) is 38.1 Å². The number of ether oxygens (including phenoxy) is 1. The predicted octanol–water partition coefficient (Wildman–Crippen LogP) is 3.52. The highest BCUT2D eigenvalue weighted by atomic mass is 16.5. The van der Waals surface area contributed by atoms with Gasteiger partial charge in [-0.3, -0.25) is 9.69 Å². The summed E-state index contributed by atoms with van der Waals surface area (Å²) in [5.41, 5.74) is 0.482. The zero-order valence-electron chi connectivity index (χ0n) is 14.9. The molecule has 1 aliphatic rings. The van der Waals surface area contributed by atoms with Crippen LogP contribution in [-0.2, 0) is 11.2 Å². The number of urea groups is 1. The highest BCUT2D eigenvalue weighted by Gasteiger charge is 2.49. The second kappa shape index (κ2) is 8.18. The van der Waals surface area contributed by atoms with Gasteiger partial charge in [0.2, 0.25) is 0 Å². The van der Waals surface area contributed by atoms with Gasteiger partial charge in [-0.2, -0.15) is 0 Å². The Hall–Kier alpha value is -2.04. The monoisotopic (exact) mass is 332 g/mol. The number of hydrogen-bond acceptors (Lipinski definition) is 3. The second-order valence-corrected chi connectivity index (χ2v) is 6.32. The van der Waals surface area contributed by atoms with Crippen LogP contribution in [0.5, 0.6) is 5.75 Å². The van der Waals surface area contributed by atoms with Crippen molar-refractivity contribution in [1.29, 1.82) is 0 Å². The number of hydrogen-bond donors (Lipinski definition) is 1. The molecule has 5 nitrogen and oxygen atoms in total. The van der Waals surface area contributed by atoms with Crippen LogP contribution in [0.2, 0.25) is 0 Å². The molecule has 0 radical (unpaired) electrons. The van der Waals surface area contributed by atoms with Crippen molar-refractivity contribution in [3.63, 3.8) is 0 Å². The van der Waals surface area contributed by atoms with Crippen LogP contribution in [0.15, 0.2) is 24.3 Å². The van der Waals surface area contributed by atoms with Crippen LogP contribution in [0.4, 0.5) is 4.79 Å². The number of amides is 3. The Morgan fingerprint density at radius 1 is 1.12 bits per heavy atom. The van der Waals surface area contributed by atoms with E-state index in [2.05, 4.69) is 12.2 Å². The molecule has 0 aliphatic carbocycles. The third kappa shape index (κ3) is 3.89. The van der Waals surface area contributed by atoms with Gasteiger partial charge >= 0.3 is 6.03 Å². The molecule has 0 aromatic heterocycles. The van der Waals surface area contributed by atoms with Crippen molar-refractivity contribution in [3.05, 3.63) is 29.8 Å². The number of nitrogens with zero attached hydrogens (tertiary/aromatic N) is 1. The fraction of sp³-hybridized carbons (Fsp3) is 0.579. The summed E-state index contributed by atoms with van der Waals surface area (Å²) in [5.74, 6) is 0.664. The molecule has 1 fully saturated rings. The first kappa shape index (κ1) is 18.3. The van der Waals surface area contributed by atoms with Gasteiger partial charge in [-0.05, 0) is 37.0 Å². The molecule has 3 amide bonds. The van der Waals surface area contributed by atoms with Gasteiger partial charge in [0.05, 0.1) is 6.54 Å². The van der Waals surface area contributed by atoms with Crippen molar-refractivity contribution >= 4 is 11.9 Å². The highest BCUT2D eigenvalue weighted by Crippen LogP contribution is 2.28. The molecule has 2 rings (SSSR count). The first-order valence-corrected chi connectivity index (χ1v) is 8.92. The molecule has 1 aromatic carbocycles. The minimum Gasteiger partial charge on any atom is -0.492 e. The van der Waals surface area contributed by atoms with Crippen LogP contribution in [0.25, 0.3) is 0 Å². The van der Waals surface area contributed by atoms with E-state index in [0.29, 0.717) is 19.4 Å². The maximum atomic E-state index is 12.7.